The first-order valence-corrected chi connectivity index (χ1v) is 10.2. The highest BCUT2D eigenvalue weighted by Crippen LogP contribution is 2.33. The maximum Gasteiger partial charge on any atom is 0.292 e. The lowest BCUT2D eigenvalue weighted by molar-refractivity contribution is -0.384. The molecule has 0 saturated carbocycles. The fraction of sp³-hybridized carbons (Fsp3) is 0.200. The normalized spacial score (nSPS) is 17.7. The number of amides is 1. The molecule has 0 atom stereocenters. The largest absolute Gasteiger partial charge is 0.362 e. The smallest absolute Gasteiger partial charge is 0.292 e. The van der Waals surface area contributed by atoms with Gasteiger partial charge in [-0.05, 0) is 29.5 Å². The van der Waals surface area contributed by atoms with Crippen molar-refractivity contribution in [3.05, 3.63) is 79.2 Å². The Morgan fingerprint density at radius 3 is 2.35 bits per heavy atom. The van der Waals surface area contributed by atoms with Crippen LogP contribution in [0, 0.1) is 20.2 Å². The quantitative estimate of drug-likeness (QED) is 0.404. The summed E-state index contributed by atoms with van der Waals surface area (Å²) in [6, 6.07) is 12.7. The number of anilines is 1. The van der Waals surface area contributed by atoms with Crippen LogP contribution in [0.5, 0.6) is 0 Å². The summed E-state index contributed by atoms with van der Waals surface area (Å²) in [7, 11) is 0. The maximum atomic E-state index is 12.3. The van der Waals surface area contributed by atoms with Crippen LogP contribution >= 0.6 is 11.8 Å². The average Bonchev–Trinajstić information content (AvgIpc) is 3.14. The highest BCUT2D eigenvalue weighted by atomic mass is 32.2. The van der Waals surface area contributed by atoms with E-state index in [2.05, 4.69) is 4.99 Å². The highest BCUT2D eigenvalue weighted by Gasteiger charge is 2.30. The number of amidine groups is 1. The van der Waals surface area contributed by atoms with Gasteiger partial charge in [-0.1, -0.05) is 24.3 Å². The Balaban J connectivity index is 1.43. The van der Waals surface area contributed by atoms with Gasteiger partial charge in [0.1, 0.15) is 5.69 Å². The molecule has 0 aromatic heterocycles. The van der Waals surface area contributed by atoms with E-state index >= 15 is 0 Å². The zero-order valence-electron chi connectivity index (χ0n) is 16.2. The molecule has 4 rings (SSSR count). The van der Waals surface area contributed by atoms with E-state index in [1.54, 1.807) is 36.4 Å². The molecule has 10 nitrogen and oxygen atoms in total. The third-order valence-electron chi connectivity index (χ3n) is 4.96. The summed E-state index contributed by atoms with van der Waals surface area (Å²) >= 11 is 1.23. The van der Waals surface area contributed by atoms with Crippen molar-refractivity contribution in [2.45, 2.75) is 0 Å². The molecule has 0 aliphatic carbocycles. The lowest BCUT2D eigenvalue weighted by atomic mass is 10.2. The molecule has 11 heteroatoms. The van der Waals surface area contributed by atoms with E-state index < -0.39 is 4.92 Å². The van der Waals surface area contributed by atoms with Crippen molar-refractivity contribution in [2.75, 3.05) is 31.1 Å². The minimum Gasteiger partial charge on any atom is -0.362 e. The van der Waals surface area contributed by atoms with Crippen LogP contribution < -0.4 is 4.90 Å². The van der Waals surface area contributed by atoms with E-state index in [0.717, 1.165) is 0 Å². The zero-order valence-corrected chi connectivity index (χ0v) is 17.0. The first-order chi connectivity index (χ1) is 14.9. The molecule has 0 radical (unpaired) electrons. The van der Waals surface area contributed by atoms with Crippen LogP contribution in [-0.2, 0) is 4.79 Å². The lowest BCUT2D eigenvalue weighted by Gasteiger charge is -2.36. The summed E-state index contributed by atoms with van der Waals surface area (Å²) in [5.74, 6) is -0.382. The summed E-state index contributed by atoms with van der Waals surface area (Å²) in [5.41, 5.74) is 1.16. The van der Waals surface area contributed by atoms with Gasteiger partial charge in [0.2, 0.25) is 0 Å². The molecule has 0 N–H and O–H groups in total. The van der Waals surface area contributed by atoms with E-state index in [1.807, 2.05) is 9.80 Å². The molecule has 31 heavy (non-hydrogen) atoms. The van der Waals surface area contributed by atoms with Crippen molar-refractivity contribution < 1.29 is 14.6 Å². The molecule has 2 aliphatic heterocycles. The van der Waals surface area contributed by atoms with Crippen LogP contribution in [0.2, 0.25) is 0 Å². The Hall–Kier alpha value is -3.73. The second-order valence-corrected chi connectivity index (χ2v) is 7.89. The molecule has 0 unspecified atom stereocenters. The number of benzene rings is 2. The Bertz CT molecular complexity index is 1120. The minimum absolute atomic E-state index is 0.0444. The van der Waals surface area contributed by atoms with Crippen molar-refractivity contribution in [1.29, 1.82) is 0 Å². The number of non-ortho nitro benzene ring substituents is 1. The molecule has 1 amide bonds. The number of nitrogens with zero attached hydrogens (tertiary/aromatic N) is 5. The fourth-order valence-corrected chi connectivity index (χ4v) is 4.40. The number of aliphatic imine (C=N–C) groups is 1. The molecular weight excluding hydrogens is 422 g/mol. The predicted molar refractivity (Wildman–Crippen MR) is 118 cm³/mol. The van der Waals surface area contributed by atoms with E-state index in [-0.39, 0.29) is 22.2 Å². The Morgan fingerprint density at radius 1 is 0.935 bits per heavy atom. The third kappa shape index (κ3) is 4.40. The van der Waals surface area contributed by atoms with Crippen molar-refractivity contribution in [3.8, 4) is 0 Å². The topological polar surface area (TPSA) is 122 Å². The number of hydrogen-bond acceptors (Lipinski definition) is 8. The van der Waals surface area contributed by atoms with E-state index in [9.17, 15) is 25.0 Å². The van der Waals surface area contributed by atoms with Gasteiger partial charge < -0.3 is 9.80 Å². The number of piperazine rings is 1. The van der Waals surface area contributed by atoms with Gasteiger partial charge >= 0.3 is 0 Å². The molecule has 2 aromatic rings. The number of nitro groups is 2. The van der Waals surface area contributed by atoms with Crippen LogP contribution in [0.3, 0.4) is 0 Å². The second-order valence-electron chi connectivity index (χ2n) is 6.88. The molecule has 0 spiro atoms. The van der Waals surface area contributed by atoms with Crippen LogP contribution in [0.15, 0.2) is 58.4 Å². The van der Waals surface area contributed by atoms with Gasteiger partial charge in [0.15, 0.2) is 5.17 Å². The Labute approximate surface area is 181 Å². The summed E-state index contributed by atoms with van der Waals surface area (Å²) in [6.45, 7) is 2.25. The number of para-hydroxylation sites is 2. The molecule has 2 heterocycles. The standard InChI is InChI=1S/C20H17N5O5S/c26-19-18(13-14-4-3-5-15(12-14)24(27)28)31-20(21-19)23-10-8-22(9-11-23)16-6-1-2-7-17(16)25(29)30/h1-7,12-13H,8-11H2. The van der Waals surface area contributed by atoms with E-state index in [1.165, 1.54) is 30.0 Å². The van der Waals surface area contributed by atoms with Gasteiger partial charge in [-0.25, -0.2) is 0 Å². The predicted octanol–water partition coefficient (Wildman–Crippen LogP) is 3.30. The summed E-state index contributed by atoms with van der Waals surface area (Å²) < 4.78 is 0. The van der Waals surface area contributed by atoms with Gasteiger partial charge in [0.05, 0.1) is 14.8 Å². The number of hydrogen-bond donors (Lipinski definition) is 0. The summed E-state index contributed by atoms with van der Waals surface area (Å²) in [4.78, 5) is 42.1. The monoisotopic (exact) mass is 439 g/mol. The number of carbonyl (C=O) groups is 1. The van der Waals surface area contributed by atoms with Crippen molar-refractivity contribution in [1.82, 2.24) is 4.90 Å². The number of rotatable bonds is 4. The van der Waals surface area contributed by atoms with Crippen LogP contribution in [0.1, 0.15) is 5.56 Å². The first-order valence-electron chi connectivity index (χ1n) is 9.43. The van der Waals surface area contributed by atoms with Gasteiger partial charge in [-0.15, -0.1) is 0 Å². The van der Waals surface area contributed by atoms with E-state index in [0.29, 0.717) is 47.5 Å². The number of thioether (sulfide) groups is 1. The van der Waals surface area contributed by atoms with Gasteiger partial charge in [-0.3, -0.25) is 25.0 Å². The molecule has 1 saturated heterocycles. The lowest BCUT2D eigenvalue weighted by Crippen LogP contribution is -2.48. The van der Waals surface area contributed by atoms with E-state index in [4.69, 9.17) is 0 Å². The average molecular weight is 439 g/mol. The zero-order chi connectivity index (χ0) is 22.0. The molecule has 158 valence electrons. The molecule has 1 fully saturated rings. The van der Waals surface area contributed by atoms with Crippen LogP contribution in [-0.4, -0.2) is 52.0 Å². The second kappa shape index (κ2) is 8.56. The number of carbonyl (C=O) groups excluding carboxylic acids is 1. The van der Waals surface area contributed by atoms with Crippen LogP contribution in [0.25, 0.3) is 6.08 Å². The molecule has 0 bridgehead atoms. The molecular formula is C20H17N5O5S. The van der Waals surface area contributed by atoms with Gasteiger partial charge in [0.25, 0.3) is 17.3 Å². The van der Waals surface area contributed by atoms with Crippen LogP contribution in [0.4, 0.5) is 17.1 Å². The van der Waals surface area contributed by atoms with Gasteiger partial charge in [0, 0.05) is 44.4 Å². The number of nitro benzene ring substituents is 2. The Morgan fingerprint density at radius 2 is 1.65 bits per heavy atom. The summed E-state index contributed by atoms with van der Waals surface area (Å²) in [5, 5.41) is 22.8. The van der Waals surface area contributed by atoms with Crippen molar-refractivity contribution in [2.24, 2.45) is 4.99 Å². The highest BCUT2D eigenvalue weighted by molar-refractivity contribution is 8.18. The fourth-order valence-electron chi connectivity index (χ4n) is 3.44. The summed E-state index contributed by atoms with van der Waals surface area (Å²) in [6.07, 6.45) is 1.60. The Kier molecular flexibility index (Phi) is 5.67. The maximum absolute atomic E-state index is 12.3. The first kappa shape index (κ1) is 20.5. The molecule has 2 aromatic carbocycles. The van der Waals surface area contributed by atoms with Gasteiger partial charge in [-0.2, -0.15) is 4.99 Å². The van der Waals surface area contributed by atoms with Crippen molar-refractivity contribution >= 4 is 46.0 Å². The third-order valence-corrected chi connectivity index (χ3v) is 6.00. The minimum atomic E-state index is -0.482. The SMILES string of the molecule is O=C1N=C(N2CCN(c3ccccc3[N+](=O)[O-])CC2)SC1=Cc1cccc([N+](=O)[O-])c1. The van der Waals surface area contributed by atoms with Crippen molar-refractivity contribution in [3.63, 3.8) is 0 Å². The molecule has 2 aliphatic rings.